The van der Waals surface area contributed by atoms with E-state index in [1.54, 1.807) is 55.1 Å². The summed E-state index contributed by atoms with van der Waals surface area (Å²) in [7, 11) is 0. The summed E-state index contributed by atoms with van der Waals surface area (Å²) in [6.45, 7) is 5.56. The van der Waals surface area contributed by atoms with Crippen LogP contribution in [-0.2, 0) is 21.6 Å². The number of aryl methyl sites for hydroxylation is 2. The van der Waals surface area contributed by atoms with Gasteiger partial charge in [-0.25, -0.2) is 9.78 Å². The van der Waals surface area contributed by atoms with Crippen molar-refractivity contribution in [2.24, 2.45) is 0 Å². The largest absolute Gasteiger partial charge is 0.462 e. The van der Waals surface area contributed by atoms with Gasteiger partial charge >= 0.3 is 5.97 Å². The first kappa shape index (κ1) is 26.8. The number of carbonyl (C=O) groups excluding carboxylic acids is 3. The maximum absolute atomic E-state index is 15.0. The molecule has 10 heteroatoms. The van der Waals surface area contributed by atoms with Crippen LogP contribution in [0.4, 0.5) is 10.8 Å². The molecule has 1 unspecified atom stereocenters. The van der Waals surface area contributed by atoms with Crippen molar-refractivity contribution in [2.75, 3.05) is 16.4 Å². The van der Waals surface area contributed by atoms with E-state index < -0.39 is 28.8 Å². The van der Waals surface area contributed by atoms with Gasteiger partial charge in [0, 0.05) is 5.56 Å². The number of rotatable bonds is 5. The van der Waals surface area contributed by atoms with E-state index in [4.69, 9.17) is 9.15 Å². The highest BCUT2D eigenvalue weighted by Crippen LogP contribution is 2.55. The Balaban J connectivity index is 1.55. The molecule has 214 valence electrons. The fourth-order valence-corrected chi connectivity index (χ4v) is 7.08. The van der Waals surface area contributed by atoms with Crippen molar-refractivity contribution in [3.8, 4) is 0 Å². The first-order valence-electron chi connectivity index (χ1n) is 13.8. The van der Waals surface area contributed by atoms with Crippen LogP contribution in [0.2, 0.25) is 0 Å². The topological polar surface area (TPSA) is 110 Å². The number of ether oxygens (including phenoxy) is 1. The third-order valence-corrected chi connectivity index (χ3v) is 9.02. The molecule has 2 aliphatic heterocycles. The molecule has 5 aromatic rings. The lowest BCUT2D eigenvalue weighted by Gasteiger charge is -2.32. The number of anilines is 2. The van der Waals surface area contributed by atoms with Gasteiger partial charge in [0.05, 0.1) is 35.5 Å². The number of benzene rings is 3. The number of hydrogen-bond donors (Lipinski definition) is 0. The minimum atomic E-state index is -1.91. The molecule has 0 saturated carbocycles. The van der Waals surface area contributed by atoms with Gasteiger partial charge in [-0.05, 0) is 44.5 Å². The van der Waals surface area contributed by atoms with Gasteiger partial charge in [0.25, 0.3) is 11.8 Å². The van der Waals surface area contributed by atoms with Crippen LogP contribution in [0.15, 0.2) is 82.0 Å². The average Bonchev–Trinajstić information content (AvgIpc) is 3.59. The molecule has 7 rings (SSSR count). The number of aromatic nitrogens is 1. The highest BCUT2D eigenvalue weighted by Gasteiger charge is 2.66. The summed E-state index contributed by atoms with van der Waals surface area (Å²) in [6, 6.07) is 21.7. The summed E-state index contributed by atoms with van der Waals surface area (Å²) < 4.78 is 11.4. The normalized spacial score (nSPS) is 17.2. The molecule has 2 aliphatic rings. The average molecular weight is 592 g/mol. The molecule has 2 amide bonds. The second kappa shape index (κ2) is 9.74. The standard InChI is InChI=1S/C33H25N3O6S/c1-4-41-30(39)28-19(3)34-32(43-28)36-29(38)27-25(26(37)21-16-18(2)14-15-24(21)42-27)33(36)22-12-8-9-13-23(22)35(31(33)40)17-20-10-6-5-7-11-20/h5-16H,4,17H2,1-3H3. The summed E-state index contributed by atoms with van der Waals surface area (Å²) in [5.41, 5.74) is 0.848. The summed E-state index contributed by atoms with van der Waals surface area (Å²) >= 11 is 0.939. The minimum Gasteiger partial charge on any atom is -0.462 e. The molecular weight excluding hydrogens is 566 g/mol. The van der Waals surface area contributed by atoms with E-state index in [0.29, 0.717) is 16.9 Å². The van der Waals surface area contributed by atoms with Crippen LogP contribution in [-0.4, -0.2) is 29.4 Å². The van der Waals surface area contributed by atoms with Gasteiger partial charge in [0.15, 0.2) is 16.1 Å². The molecule has 1 atom stereocenters. The Bertz CT molecular complexity index is 2050. The Morgan fingerprint density at radius 1 is 1.00 bits per heavy atom. The first-order valence-corrected chi connectivity index (χ1v) is 14.6. The van der Waals surface area contributed by atoms with E-state index in [9.17, 15) is 14.4 Å². The van der Waals surface area contributed by atoms with Gasteiger partial charge in [0.1, 0.15) is 10.5 Å². The zero-order chi connectivity index (χ0) is 30.0. The van der Waals surface area contributed by atoms with Crippen LogP contribution in [0.1, 0.15) is 55.1 Å². The SMILES string of the molecule is CCOC(=O)c1sc(N2C(=O)c3oc4ccc(C)cc4c(=O)c3C23C(=O)N(Cc2ccccc2)c2ccccc23)nc1C. The van der Waals surface area contributed by atoms with E-state index in [-0.39, 0.29) is 45.5 Å². The lowest BCUT2D eigenvalue weighted by molar-refractivity contribution is -0.121. The zero-order valence-electron chi connectivity index (χ0n) is 23.5. The number of hydrogen-bond acceptors (Lipinski definition) is 8. The maximum Gasteiger partial charge on any atom is 0.350 e. The van der Waals surface area contributed by atoms with Gasteiger partial charge in [-0.2, -0.15) is 0 Å². The van der Waals surface area contributed by atoms with Crippen LogP contribution in [0.5, 0.6) is 0 Å². The molecule has 2 aromatic heterocycles. The molecule has 0 saturated heterocycles. The number of para-hydroxylation sites is 1. The first-order chi connectivity index (χ1) is 20.8. The smallest absolute Gasteiger partial charge is 0.350 e. The fraction of sp³-hybridized carbons (Fsp3) is 0.182. The molecule has 0 aliphatic carbocycles. The molecule has 9 nitrogen and oxygen atoms in total. The van der Waals surface area contributed by atoms with E-state index in [1.165, 1.54) is 4.90 Å². The van der Waals surface area contributed by atoms with Crippen molar-refractivity contribution >= 4 is 50.9 Å². The highest BCUT2D eigenvalue weighted by atomic mass is 32.1. The fourth-order valence-electron chi connectivity index (χ4n) is 6.06. The highest BCUT2D eigenvalue weighted by molar-refractivity contribution is 7.17. The summed E-state index contributed by atoms with van der Waals surface area (Å²) in [5.74, 6) is -1.99. The molecule has 0 bridgehead atoms. The number of esters is 1. The molecule has 0 N–H and O–H groups in total. The lowest BCUT2D eigenvalue weighted by Crippen LogP contribution is -2.53. The number of nitrogens with zero attached hydrogens (tertiary/aromatic N) is 3. The molecule has 0 fully saturated rings. The number of thiazole rings is 1. The zero-order valence-corrected chi connectivity index (χ0v) is 24.4. The number of carbonyl (C=O) groups is 3. The summed E-state index contributed by atoms with van der Waals surface area (Å²) in [4.78, 5) is 64.3. The van der Waals surface area contributed by atoms with Crippen molar-refractivity contribution in [2.45, 2.75) is 32.9 Å². The summed E-state index contributed by atoms with van der Waals surface area (Å²) in [5, 5.41) is 0.350. The van der Waals surface area contributed by atoms with E-state index >= 15 is 4.79 Å². The third-order valence-electron chi connectivity index (χ3n) is 7.90. The Morgan fingerprint density at radius 3 is 2.51 bits per heavy atom. The molecule has 3 aromatic carbocycles. The van der Waals surface area contributed by atoms with Gasteiger partial charge in [-0.1, -0.05) is 71.5 Å². The number of amides is 2. The Labute approximate surface area is 250 Å². The second-order valence-electron chi connectivity index (χ2n) is 10.5. The lowest BCUT2D eigenvalue weighted by atomic mass is 9.84. The molecule has 43 heavy (non-hydrogen) atoms. The van der Waals surface area contributed by atoms with E-state index in [2.05, 4.69) is 4.98 Å². The van der Waals surface area contributed by atoms with Crippen molar-refractivity contribution in [3.05, 3.63) is 122 Å². The predicted molar refractivity (Wildman–Crippen MR) is 162 cm³/mol. The van der Waals surface area contributed by atoms with Crippen LogP contribution in [0, 0.1) is 13.8 Å². The van der Waals surface area contributed by atoms with Gasteiger partial charge in [-0.3, -0.25) is 19.3 Å². The van der Waals surface area contributed by atoms with Gasteiger partial charge in [0.2, 0.25) is 5.76 Å². The van der Waals surface area contributed by atoms with E-state index in [1.807, 2.05) is 43.3 Å². The van der Waals surface area contributed by atoms with E-state index in [0.717, 1.165) is 22.5 Å². The van der Waals surface area contributed by atoms with Gasteiger partial charge in [-0.15, -0.1) is 0 Å². The monoisotopic (exact) mass is 591 g/mol. The van der Waals surface area contributed by atoms with Crippen LogP contribution in [0.25, 0.3) is 11.0 Å². The van der Waals surface area contributed by atoms with Crippen LogP contribution >= 0.6 is 11.3 Å². The molecule has 4 heterocycles. The van der Waals surface area contributed by atoms with Crippen molar-refractivity contribution in [1.29, 1.82) is 0 Å². The Kier molecular flexibility index (Phi) is 6.07. The van der Waals surface area contributed by atoms with Crippen molar-refractivity contribution < 1.29 is 23.5 Å². The number of fused-ring (bicyclic) bond motifs is 5. The van der Waals surface area contributed by atoms with Crippen LogP contribution in [0.3, 0.4) is 0 Å². The predicted octanol–water partition coefficient (Wildman–Crippen LogP) is 5.49. The van der Waals surface area contributed by atoms with Crippen molar-refractivity contribution in [1.82, 2.24) is 4.98 Å². The molecule has 0 radical (unpaired) electrons. The van der Waals surface area contributed by atoms with Crippen LogP contribution < -0.4 is 15.2 Å². The van der Waals surface area contributed by atoms with Gasteiger partial charge < -0.3 is 14.1 Å². The third kappa shape index (κ3) is 3.72. The summed E-state index contributed by atoms with van der Waals surface area (Å²) in [6.07, 6.45) is 0. The maximum atomic E-state index is 15.0. The minimum absolute atomic E-state index is 0.0610. The quantitative estimate of drug-likeness (QED) is 0.249. The Hall–Kier alpha value is -5.09. The van der Waals surface area contributed by atoms with Crippen molar-refractivity contribution in [3.63, 3.8) is 0 Å². The second-order valence-corrected chi connectivity index (χ2v) is 11.5. The Morgan fingerprint density at radius 2 is 1.74 bits per heavy atom. The molecular formula is C33H25N3O6S. The molecule has 1 spiro atoms.